The second-order valence-electron chi connectivity index (χ2n) is 4.81. The molecule has 0 atom stereocenters. The lowest BCUT2D eigenvalue weighted by atomic mass is 10.1. The van der Waals surface area contributed by atoms with E-state index < -0.39 is 6.03 Å². The van der Waals surface area contributed by atoms with Crippen LogP contribution in [-0.2, 0) is 0 Å². The average molecular weight is 306 g/mol. The van der Waals surface area contributed by atoms with Crippen LogP contribution in [0.5, 0.6) is 0 Å². The van der Waals surface area contributed by atoms with Crippen LogP contribution in [0, 0.1) is 0 Å². The molecule has 6 heteroatoms. The number of hydrogen-bond acceptors (Lipinski definition) is 3. The van der Waals surface area contributed by atoms with Crippen LogP contribution in [0.4, 0.5) is 16.2 Å². The van der Waals surface area contributed by atoms with Gasteiger partial charge in [0.25, 0.3) is 5.56 Å². The number of H-pyrrole nitrogens is 1. The Bertz CT molecular complexity index is 861. The summed E-state index contributed by atoms with van der Waals surface area (Å²) in [5.74, 6) is 0. The number of nitrogens with one attached hydrogen (secondary N) is 3. The zero-order valence-corrected chi connectivity index (χ0v) is 12.1. The Morgan fingerprint density at radius 2 is 1.57 bits per heavy atom. The van der Waals surface area contributed by atoms with E-state index >= 15 is 0 Å². The fraction of sp³-hybridized carbons (Fsp3) is 0. The first-order valence-corrected chi connectivity index (χ1v) is 7.00. The van der Waals surface area contributed by atoms with Gasteiger partial charge in [0.15, 0.2) is 0 Å². The summed E-state index contributed by atoms with van der Waals surface area (Å²) in [6.07, 6.45) is 0. The molecule has 0 unspecified atom stereocenters. The van der Waals surface area contributed by atoms with Gasteiger partial charge in [-0.3, -0.25) is 4.79 Å². The smallest absolute Gasteiger partial charge is 0.308 e. The van der Waals surface area contributed by atoms with Crippen molar-refractivity contribution in [1.82, 2.24) is 10.2 Å². The first kappa shape index (κ1) is 14.5. The molecule has 0 aliphatic heterocycles. The number of carbonyl (C=O) groups excluding carboxylic acids is 1. The van der Waals surface area contributed by atoms with Crippen molar-refractivity contribution in [2.75, 3.05) is 10.6 Å². The predicted octanol–water partition coefficient (Wildman–Crippen LogP) is 3.08. The van der Waals surface area contributed by atoms with E-state index in [-0.39, 0.29) is 5.56 Å². The molecule has 3 N–H and O–H groups in total. The van der Waals surface area contributed by atoms with Crippen molar-refractivity contribution in [2.24, 2.45) is 0 Å². The standard InChI is InChI=1S/C17H14N4O2/c22-15-11-14(16(21-20-15)12-7-3-1-4-8-12)19-17(23)18-13-9-5-2-6-10-13/h1-11H,(H3,18,19,20,22,23). The summed E-state index contributed by atoms with van der Waals surface area (Å²) < 4.78 is 0. The van der Waals surface area contributed by atoms with Gasteiger partial charge in [0.05, 0.1) is 5.69 Å². The van der Waals surface area contributed by atoms with Gasteiger partial charge in [0, 0.05) is 17.3 Å². The number of amides is 2. The molecule has 2 amide bonds. The van der Waals surface area contributed by atoms with Crippen molar-refractivity contribution in [1.29, 1.82) is 0 Å². The van der Waals surface area contributed by atoms with E-state index in [1.807, 2.05) is 48.5 Å². The third kappa shape index (κ3) is 3.62. The number of rotatable bonds is 3. The number of para-hydroxylation sites is 1. The Balaban J connectivity index is 1.86. The summed E-state index contributed by atoms with van der Waals surface area (Å²) in [7, 11) is 0. The van der Waals surface area contributed by atoms with E-state index in [0.717, 1.165) is 5.56 Å². The maximum absolute atomic E-state index is 12.1. The van der Waals surface area contributed by atoms with Gasteiger partial charge in [-0.1, -0.05) is 48.5 Å². The van der Waals surface area contributed by atoms with E-state index in [9.17, 15) is 9.59 Å². The number of hydrogen-bond donors (Lipinski definition) is 3. The highest BCUT2D eigenvalue weighted by molar-refractivity contribution is 6.01. The van der Waals surface area contributed by atoms with Gasteiger partial charge in [0.1, 0.15) is 5.69 Å². The fourth-order valence-corrected chi connectivity index (χ4v) is 2.12. The highest BCUT2D eigenvalue weighted by Gasteiger charge is 2.11. The van der Waals surface area contributed by atoms with Crippen LogP contribution in [0.3, 0.4) is 0 Å². The van der Waals surface area contributed by atoms with Crippen molar-refractivity contribution >= 4 is 17.4 Å². The molecule has 3 aromatic rings. The minimum Gasteiger partial charge on any atom is -0.308 e. The van der Waals surface area contributed by atoms with Gasteiger partial charge in [-0.25, -0.2) is 9.89 Å². The monoisotopic (exact) mass is 306 g/mol. The Morgan fingerprint density at radius 1 is 0.913 bits per heavy atom. The molecule has 0 spiro atoms. The van der Waals surface area contributed by atoms with Crippen molar-refractivity contribution in [3.05, 3.63) is 77.1 Å². The Morgan fingerprint density at radius 3 is 2.26 bits per heavy atom. The molecule has 1 aromatic heterocycles. The Labute approximate surface area is 132 Å². The molecular weight excluding hydrogens is 292 g/mol. The lowest BCUT2D eigenvalue weighted by molar-refractivity contribution is 0.262. The van der Waals surface area contributed by atoms with Crippen LogP contribution in [0.25, 0.3) is 11.3 Å². The minimum absolute atomic E-state index is 0.341. The second-order valence-corrected chi connectivity index (χ2v) is 4.81. The number of benzene rings is 2. The molecular formula is C17H14N4O2. The number of aromatic amines is 1. The molecule has 2 aromatic carbocycles. The highest BCUT2D eigenvalue weighted by Crippen LogP contribution is 2.23. The largest absolute Gasteiger partial charge is 0.323 e. The molecule has 0 saturated carbocycles. The van der Waals surface area contributed by atoms with Gasteiger partial charge in [-0.15, -0.1) is 0 Å². The molecule has 0 aliphatic rings. The maximum atomic E-state index is 12.1. The summed E-state index contributed by atoms with van der Waals surface area (Å²) in [4.78, 5) is 23.6. The van der Waals surface area contributed by atoms with Crippen LogP contribution >= 0.6 is 0 Å². The normalized spacial score (nSPS) is 10.1. The van der Waals surface area contributed by atoms with E-state index in [1.165, 1.54) is 6.07 Å². The second kappa shape index (κ2) is 6.57. The quantitative estimate of drug-likeness (QED) is 0.695. The van der Waals surface area contributed by atoms with Crippen molar-refractivity contribution < 1.29 is 4.79 Å². The van der Waals surface area contributed by atoms with E-state index in [0.29, 0.717) is 17.1 Å². The van der Waals surface area contributed by atoms with Gasteiger partial charge in [-0.2, -0.15) is 5.10 Å². The fourth-order valence-electron chi connectivity index (χ4n) is 2.12. The van der Waals surface area contributed by atoms with Gasteiger partial charge in [-0.05, 0) is 12.1 Å². The highest BCUT2D eigenvalue weighted by atomic mass is 16.2. The van der Waals surface area contributed by atoms with Crippen molar-refractivity contribution in [3.63, 3.8) is 0 Å². The zero-order valence-electron chi connectivity index (χ0n) is 12.1. The first-order valence-electron chi connectivity index (χ1n) is 7.00. The molecule has 0 fully saturated rings. The summed E-state index contributed by atoms with van der Waals surface area (Å²) in [5, 5.41) is 11.8. The van der Waals surface area contributed by atoms with Crippen LogP contribution in [-0.4, -0.2) is 16.2 Å². The minimum atomic E-state index is -0.444. The summed E-state index contributed by atoms with van der Waals surface area (Å²) in [5.41, 5.74) is 1.89. The average Bonchev–Trinajstić information content (AvgIpc) is 2.56. The molecule has 0 saturated heterocycles. The van der Waals surface area contributed by atoms with Gasteiger partial charge < -0.3 is 10.6 Å². The zero-order chi connectivity index (χ0) is 16.1. The number of aromatic nitrogens is 2. The number of nitrogens with zero attached hydrogens (tertiary/aromatic N) is 1. The van der Waals surface area contributed by atoms with E-state index in [2.05, 4.69) is 20.8 Å². The van der Waals surface area contributed by atoms with Crippen LogP contribution in [0.15, 0.2) is 71.5 Å². The molecule has 0 bridgehead atoms. The van der Waals surface area contributed by atoms with Gasteiger partial charge >= 0.3 is 6.03 Å². The van der Waals surface area contributed by atoms with Crippen LogP contribution < -0.4 is 16.2 Å². The van der Waals surface area contributed by atoms with Gasteiger partial charge in [0.2, 0.25) is 0 Å². The Kier molecular flexibility index (Phi) is 4.15. The molecule has 0 radical (unpaired) electrons. The van der Waals surface area contributed by atoms with Crippen molar-refractivity contribution in [2.45, 2.75) is 0 Å². The SMILES string of the molecule is O=C(Nc1ccccc1)Nc1cc(=O)[nH]nc1-c1ccccc1. The predicted molar refractivity (Wildman–Crippen MR) is 89.4 cm³/mol. The summed E-state index contributed by atoms with van der Waals surface area (Å²) in [6.45, 7) is 0. The number of carbonyl (C=O) groups is 1. The van der Waals surface area contributed by atoms with Crippen LogP contribution in [0.2, 0.25) is 0 Å². The number of anilines is 2. The maximum Gasteiger partial charge on any atom is 0.323 e. The van der Waals surface area contributed by atoms with Crippen molar-refractivity contribution in [3.8, 4) is 11.3 Å². The Hall–Kier alpha value is -3.41. The summed E-state index contributed by atoms with van der Waals surface area (Å²) in [6, 6.07) is 19.2. The molecule has 1 heterocycles. The third-order valence-corrected chi connectivity index (χ3v) is 3.14. The molecule has 6 nitrogen and oxygen atoms in total. The number of urea groups is 1. The van der Waals surface area contributed by atoms with E-state index in [1.54, 1.807) is 12.1 Å². The topological polar surface area (TPSA) is 86.9 Å². The summed E-state index contributed by atoms with van der Waals surface area (Å²) >= 11 is 0. The molecule has 23 heavy (non-hydrogen) atoms. The lowest BCUT2D eigenvalue weighted by Crippen LogP contribution is -2.22. The van der Waals surface area contributed by atoms with E-state index in [4.69, 9.17) is 0 Å². The molecule has 3 rings (SSSR count). The molecule has 0 aliphatic carbocycles. The molecule has 114 valence electrons. The first-order chi connectivity index (χ1) is 11.2. The third-order valence-electron chi connectivity index (χ3n) is 3.14. The van der Waals surface area contributed by atoms with Crippen LogP contribution in [0.1, 0.15) is 0 Å². The lowest BCUT2D eigenvalue weighted by Gasteiger charge is -2.10.